The Morgan fingerprint density at radius 1 is 1.11 bits per heavy atom. The van der Waals surface area contributed by atoms with Gasteiger partial charge in [-0.15, -0.1) is 11.3 Å². The molecule has 3 rings (SSSR count). The normalized spacial score (nSPS) is 10.7. The van der Waals surface area contributed by atoms with Crippen molar-refractivity contribution in [2.75, 3.05) is 12.4 Å². The average Bonchev–Trinajstić information content (AvgIpc) is 3.07. The third-order valence-corrected chi connectivity index (χ3v) is 5.24. The molecule has 5 heteroatoms. The molecule has 1 amide bonds. The van der Waals surface area contributed by atoms with E-state index in [0.717, 1.165) is 22.6 Å². The minimum absolute atomic E-state index is 0.0240. The van der Waals surface area contributed by atoms with Crippen molar-refractivity contribution in [2.24, 2.45) is 0 Å². The Bertz CT molecular complexity index is 922. The van der Waals surface area contributed by atoms with Gasteiger partial charge in [0.25, 0.3) is 0 Å². The summed E-state index contributed by atoms with van der Waals surface area (Å²) < 4.78 is 5.15. The first-order chi connectivity index (χ1) is 13.0. The molecule has 0 radical (unpaired) electrons. The van der Waals surface area contributed by atoms with Crippen molar-refractivity contribution in [3.05, 3.63) is 64.0 Å². The number of benzene rings is 2. The van der Waals surface area contributed by atoms with E-state index in [2.05, 4.69) is 43.2 Å². The first kappa shape index (κ1) is 19.1. The summed E-state index contributed by atoms with van der Waals surface area (Å²) >= 11 is 1.46. The lowest BCUT2D eigenvalue weighted by Gasteiger charge is -2.08. The number of nitrogens with one attached hydrogen (secondary N) is 1. The molecule has 0 atom stereocenters. The summed E-state index contributed by atoms with van der Waals surface area (Å²) in [5.74, 6) is 0.796. The maximum atomic E-state index is 12.3. The Balaban J connectivity index is 1.62. The molecule has 0 saturated heterocycles. The zero-order valence-electron chi connectivity index (χ0n) is 16.1. The molecule has 4 nitrogen and oxygen atoms in total. The Morgan fingerprint density at radius 3 is 2.41 bits per heavy atom. The van der Waals surface area contributed by atoms with Gasteiger partial charge in [-0.3, -0.25) is 4.79 Å². The number of rotatable bonds is 6. The molecule has 0 fully saturated rings. The minimum atomic E-state index is -0.0240. The van der Waals surface area contributed by atoms with Crippen LogP contribution in [0.4, 0.5) is 5.13 Å². The fourth-order valence-electron chi connectivity index (χ4n) is 3.26. The highest BCUT2D eigenvalue weighted by atomic mass is 32.1. The molecule has 3 aromatic rings. The number of nitrogens with zero attached hydrogens (tertiary/aromatic N) is 1. The summed E-state index contributed by atoms with van der Waals surface area (Å²) in [6, 6.07) is 12.1. The van der Waals surface area contributed by atoms with Gasteiger partial charge in [0.15, 0.2) is 5.13 Å². The molecule has 1 heterocycles. The number of thiazole rings is 1. The van der Waals surface area contributed by atoms with Crippen LogP contribution in [0.5, 0.6) is 5.75 Å². The molecule has 140 valence electrons. The van der Waals surface area contributed by atoms with Crippen LogP contribution in [0.3, 0.4) is 0 Å². The van der Waals surface area contributed by atoms with Crippen LogP contribution in [0.2, 0.25) is 0 Å². The van der Waals surface area contributed by atoms with Crippen LogP contribution < -0.4 is 10.1 Å². The van der Waals surface area contributed by atoms with Gasteiger partial charge in [0.2, 0.25) is 5.91 Å². The largest absolute Gasteiger partial charge is 0.497 e. The van der Waals surface area contributed by atoms with Gasteiger partial charge in [0.1, 0.15) is 5.75 Å². The van der Waals surface area contributed by atoms with Crippen molar-refractivity contribution >= 4 is 22.4 Å². The van der Waals surface area contributed by atoms with Crippen molar-refractivity contribution in [2.45, 2.75) is 33.6 Å². The molecule has 0 saturated carbocycles. The number of hydrogen-bond donors (Lipinski definition) is 1. The predicted octanol–water partition coefficient (Wildman–Crippen LogP) is 5.32. The molecule has 0 aliphatic heterocycles. The van der Waals surface area contributed by atoms with Gasteiger partial charge in [-0.1, -0.05) is 29.8 Å². The van der Waals surface area contributed by atoms with Crippen molar-refractivity contribution in [1.29, 1.82) is 0 Å². The SMILES string of the molecule is COc1ccc(CCC(=O)Nc2nc(-c3c(C)cc(C)cc3C)cs2)cc1. The Hall–Kier alpha value is -2.66. The van der Waals surface area contributed by atoms with Crippen LogP contribution in [0.1, 0.15) is 28.7 Å². The summed E-state index contributed by atoms with van der Waals surface area (Å²) in [6.45, 7) is 6.29. The van der Waals surface area contributed by atoms with E-state index < -0.39 is 0 Å². The monoisotopic (exact) mass is 380 g/mol. The Morgan fingerprint density at radius 2 is 1.78 bits per heavy atom. The smallest absolute Gasteiger partial charge is 0.226 e. The van der Waals surface area contributed by atoms with Gasteiger partial charge in [0, 0.05) is 17.4 Å². The number of carbonyl (C=O) groups excluding carboxylic acids is 1. The lowest BCUT2D eigenvalue weighted by molar-refractivity contribution is -0.116. The molecule has 1 N–H and O–H groups in total. The van der Waals surface area contributed by atoms with Crippen molar-refractivity contribution in [3.63, 3.8) is 0 Å². The van der Waals surface area contributed by atoms with E-state index in [9.17, 15) is 4.79 Å². The lowest BCUT2D eigenvalue weighted by atomic mass is 9.98. The van der Waals surface area contributed by atoms with Crippen molar-refractivity contribution in [3.8, 4) is 17.0 Å². The van der Waals surface area contributed by atoms with Gasteiger partial charge < -0.3 is 10.1 Å². The van der Waals surface area contributed by atoms with Gasteiger partial charge in [-0.25, -0.2) is 4.98 Å². The number of methoxy groups -OCH3 is 1. The van der Waals surface area contributed by atoms with E-state index in [4.69, 9.17) is 4.74 Å². The van der Waals surface area contributed by atoms with Crippen LogP contribution in [0.25, 0.3) is 11.3 Å². The lowest BCUT2D eigenvalue weighted by Crippen LogP contribution is -2.12. The molecular weight excluding hydrogens is 356 g/mol. The highest BCUT2D eigenvalue weighted by Crippen LogP contribution is 2.31. The molecule has 0 unspecified atom stereocenters. The maximum absolute atomic E-state index is 12.3. The molecule has 0 spiro atoms. The highest BCUT2D eigenvalue weighted by molar-refractivity contribution is 7.14. The molecule has 0 aliphatic carbocycles. The van der Waals surface area contributed by atoms with Crippen molar-refractivity contribution in [1.82, 2.24) is 4.98 Å². The summed E-state index contributed by atoms with van der Waals surface area (Å²) in [6.07, 6.45) is 1.11. The minimum Gasteiger partial charge on any atom is -0.497 e. The first-order valence-corrected chi connectivity index (χ1v) is 9.81. The van der Waals surface area contributed by atoms with Crippen LogP contribution >= 0.6 is 11.3 Å². The molecule has 0 bridgehead atoms. The number of aryl methyl sites for hydroxylation is 4. The van der Waals surface area contributed by atoms with E-state index in [1.807, 2.05) is 29.6 Å². The van der Waals surface area contributed by atoms with Gasteiger partial charge in [-0.05, 0) is 56.0 Å². The second kappa shape index (κ2) is 8.35. The second-order valence-electron chi connectivity index (χ2n) is 6.71. The summed E-state index contributed by atoms with van der Waals surface area (Å²) in [5, 5.41) is 5.57. The van der Waals surface area contributed by atoms with Crippen LogP contribution in [-0.2, 0) is 11.2 Å². The van der Waals surface area contributed by atoms with E-state index in [0.29, 0.717) is 18.0 Å². The average molecular weight is 381 g/mol. The quantitative estimate of drug-likeness (QED) is 0.630. The van der Waals surface area contributed by atoms with Gasteiger partial charge >= 0.3 is 0 Å². The topological polar surface area (TPSA) is 51.2 Å². The van der Waals surface area contributed by atoms with Crippen LogP contribution in [-0.4, -0.2) is 18.0 Å². The molecule has 27 heavy (non-hydrogen) atoms. The maximum Gasteiger partial charge on any atom is 0.226 e. The van der Waals surface area contributed by atoms with E-state index in [1.54, 1.807) is 7.11 Å². The summed E-state index contributed by atoms with van der Waals surface area (Å²) in [7, 11) is 1.64. The van der Waals surface area contributed by atoms with E-state index in [1.165, 1.54) is 28.0 Å². The zero-order chi connectivity index (χ0) is 19.4. The van der Waals surface area contributed by atoms with Crippen LogP contribution in [0.15, 0.2) is 41.8 Å². The first-order valence-electron chi connectivity index (χ1n) is 8.93. The summed E-state index contributed by atoms with van der Waals surface area (Å²) in [5.41, 5.74) is 6.83. The third kappa shape index (κ3) is 4.74. The van der Waals surface area contributed by atoms with Gasteiger partial charge in [-0.2, -0.15) is 0 Å². The fraction of sp³-hybridized carbons (Fsp3) is 0.273. The Labute approximate surface area is 164 Å². The standard InChI is InChI=1S/C22H24N2O2S/c1-14-11-15(2)21(16(3)12-14)19-13-27-22(23-19)24-20(25)10-7-17-5-8-18(26-4)9-6-17/h5-6,8-9,11-13H,7,10H2,1-4H3,(H,23,24,25). The van der Waals surface area contributed by atoms with E-state index in [-0.39, 0.29) is 5.91 Å². The second-order valence-corrected chi connectivity index (χ2v) is 7.57. The molecule has 2 aromatic carbocycles. The van der Waals surface area contributed by atoms with Gasteiger partial charge in [0.05, 0.1) is 12.8 Å². The number of aromatic nitrogens is 1. The zero-order valence-corrected chi connectivity index (χ0v) is 16.9. The fourth-order valence-corrected chi connectivity index (χ4v) is 3.98. The number of ether oxygens (including phenoxy) is 1. The number of hydrogen-bond acceptors (Lipinski definition) is 4. The highest BCUT2D eigenvalue weighted by Gasteiger charge is 2.12. The van der Waals surface area contributed by atoms with Crippen LogP contribution in [0, 0.1) is 20.8 Å². The van der Waals surface area contributed by atoms with E-state index >= 15 is 0 Å². The number of amides is 1. The number of carbonyl (C=O) groups is 1. The number of anilines is 1. The predicted molar refractivity (Wildman–Crippen MR) is 112 cm³/mol. The molecular formula is C22H24N2O2S. The third-order valence-electron chi connectivity index (χ3n) is 4.48. The van der Waals surface area contributed by atoms with Crippen molar-refractivity contribution < 1.29 is 9.53 Å². The summed E-state index contributed by atoms with van der Waals surface area (Å²) in [4.78, 5) is 16.9. The molecule has 0 aliphatic rings. The Kier molecular flexibility index (Phi) is 5.91. The molecule has 1 aromatic heterocycles.